The van der Waals surface area contributed by atoms with Crippen molar-refractivity contribution in [1.29, 1.82) is 0 Å². The van der Waals surface area contributed by atoms with E-state index in [1.807, 2.05) is 0 Å². The van der Waals surface area contributed by atoms with Gasteiger partial charge in [-0.3, -0.25) is 20.2 Å². The first-order valence-corrected chi connectivity index (χ1v) is 7.34. The van der Waals surface area contributed by atoms with Crippen LogP contribution in [0.1, 0.15) is 12.0 Å². The summed E-state index contributed by atoms with van der Waals surface area (Å²) >= 11 is 0. The van der Waals surface area contributed by atoms with Crippen LogP contribution in [0.3, 0.4) is 0 Å². The number of para-hydroxylation sites is 1. The van der Waals surface area contributed by atoms with Gasteiger partial charge in [-0.2, -0.15) is 4.79 Å². The minimum Gasteiger partial charge on any atom is -0.467 e. The van der Waals surface area contributed by atoms with Crippen LogP contribution in [-0.2, 0) is 19.7 Å². The normalized spacial score (nSPS) is 24.8. The van der Waals surface area contributed by atoms with Gasteiger partial charge >= 0.3 is 12.2 Å². The second-order valence-electron chi connectivity index (χ2n) is 5.47. The van der Waals surface area contributed by atoms with Gasteiger partial charge in [0.15, 0.2) is 5.54 Å². The Kier molecular flexibility index (Phi) is 4.92. The third-order valence-electron chi connectivity index (χ3n) is 4.55. The Morgan fingerprint density at radius 3 is 2.72 bits per heavy atom. The van der Waals surface area contributed by atoms with Crippen molar-refractivity contribution in [2.45, 2.75) is 17.4 Å². The van der Waals surface area contributed by atoms with Crippen LogP contribution < -0.4 is 5.32 Å². The van der Waals surface area contributed by atoms with Gasteiger partial charge in [-0.15, -0.1) is 6.58 Å². The molecule has 9 nitrogen and oxygen atoms in total. The number of nitrogens with one attached hydrogen (secondary N) is 1. The molecule has 1 fully saturated rings. The van der Waals surface area contributed by atoms with Gasteiger partial charge < -0.3 is 10.3 Å². The molecule has 0 bridgehead atoms. The molecule has 25 heavy (non-hydrogen) atoms. The smallest absolute Gasteiger partial charge is 0.331 e. The first kappa shape index (κ1) is 18.2. The summed E-state index contributed by atoms with van der Waals surface area (Å²) in [6.45, 7) is 3.82. The summed E-state index contributed by atoms with van der Waals surface area (Å²) in [5.74, 6) is -1.60. The van der Waals surface area contributed by atoms with Crippen LogP contribution in [0.15, 0.2) is 36.9 Å². The predicted octanol–water partition coefficient (Wildman–Crippen LogP) is 0.793. The maximum absolute atomic E-state index is 12.9. The molecular formula is C16H16N4O5. The number of esters is 1. The summed E-state index contributed by atoms with van der Waals surface area (Å²) in [6, 6.07) is 5.62. The van der Waals surface area contributed by atoms with Crippen LogP contribution in [0.2, 0.25) is 0 Å². The maximum Gasteiger partial charge on any atom is 0.331 e. The zero-order valence-corrected chi connectivity index (χ0v) is 13.5. The molecular weight excluding hydrogens is 328 g/mol. The molecule has 1 N–H and O–H groups in total. The zero-order chi connectivity index (χ0) is 18.7. The van der Waals surface area contributed by atoms with E-state index in [9.17, 15) is 19.7 Å². The molecule has 1 heterocycles. The summed E-state index contributed by atoms with van der Waals surface area (Å²) < 4.78 is 4.83. The molecule has 130 valence electrons. The fourth-order valence-electron chi connectivity index (χ4n) is 3.49. The van der Waals surface area contributed by atoms with Crippen LogP contribution in [-0.4, -0.2) is 46.9 Å². The summed E-state index contributed by atoms with van der Waals surface area (Å²) in [5, 5.41) is 14.4. The topological polar surface area (TPSA) is 135 Å². The second kappa shape index (κ2) is 6.76. The number of nitrogens with zero attached hydrogens (tertiary/aromatic N) is 3. The third-order valence-corrected chi connectivity index (χ3v) is 4.55. The molecule has 0 saturated carbocycles. The number of carbonyl (C=O) groups is 2. The third kappa shape index (κ3) is 2.46. The molecule has 0 amide bonds. The van der Waals surface area contributed by atoms with Gasteiger partial charge in [0.25, 0.3) is 5.69 Å². The average Bonchev–Trinajstić information content (AvgIpc) is 3.02. The lowest BCUT2D eigenvalue weighted by Crippen LogP contribution is -2.63. The number of carbonyl (C=O) groups excluding carboxylic acids is 2. The van der Waals surface area contributed by atoms with E-state index in [2.05, 4.69) is 16.7 Å². The number of hydrogen-bond donors (Lipinski definition) is 1. The number of rotatable bonds is 6. The molecule has 0 spiro atoms. The number of Topliss-reactive ketones (excluding diaryl/α,β-unsaturated/α-hetero) is 1. The first-order chi connectivity index (χ1) is 11.9. The predicted molar refractivity (Wildman–Crippen MR) is 87.0 cm³/mol. The molecule has 1 aliphatic rings. The quantitative estimate of drug-likeness (QED) is 0.154. The maximum atomic E-state index is 12.9. The Morgan fingerprint density at radius 2 is 2.16 bits per heavy atom. The molecule has 2 atom stereocenters. The van der Waals surface area contributed by atoms with Gasteiger partial charge in [0.05, 0.1) is 12.0 Å². The van der Waals surface area contributed by atoms with Gasteiger partial charge in [0.2, 0.25) is 5.78 Å². The monoisotopic (exact) mass is 344 g/mol. The van der Waals surface area contributed by atoms with Crippen molar-refractivity contribution in [2.24, 2.45) is 0 Å². The average molecular weight is 344 g/mol. The Labute approximate surface area is 143 Å². The number of ketones is 1. The van der Waals surface area contributed by atoms with E-state index in [1.54, 1.807) is 0 Å². The fourth-order valence-corrected chi connectivity index (χ4v) is 3.49. The molecule has 1 aromatic rings. The van der Waals surface area contributed by atoms with Gasteiger partial charge in [0, 0.05) is 11.6 Å². The van der Waals surface area contributed by atoms with Gasteiger partial charge in [-0.1, -0.05) is 24.3 Å². The van der Waals surface area contributed by atoms with E-state index in [0.29, 0.717) is 6.21 Å². The lowest BCUT2D eigenvalue weighted by Gasteiger charge is -2.38. The summed E-state index contributed by atoms with van der Waals surface area (Å²) in [6.07, 6.45) is 1.88. The lowest BCUT2D eigenvalue weighted by atomic mass is 9.62. The van der Waals surface area contributed by atoms with Crippen molar-refractivity contribution < 1.29 is 24.0 Å². The molecule has 1 saturated heterocycles. The largest absolute Gasteiger partial charge is 0.467 e. The molecule has 1 aliphatic heterocycles. The molecule has 1 aromatic carbocycles. The lowest BCUT2D eigenvalue weighted by molar-refractivity contribution is -0.386. The Morgan fingerprint density at radius 1 is 1.48 bits per heavy atom. The van der Waals surface area contributed by atoms with Crippen LogP contribution in [0.5, 0.6) is 0 Å². The van der Waals surface area contributed by atoms with Crippen molar-refractivity contribution in [3.63, 3.8) is 0 Å². The van der Waals surface area contributed by atoms with Crippen molar-refractivity contribution >= 4 is 23.7 Å². The van der Waals surface area contributed by atoms with Crippen LogP contribution >= 0.6 is 0 Å². The van der Waals surface area contributed by atoms with Gasteiger partial charge in [0.1, 0.15) is 5.41 Å². The highest BCUT2D eigenvalue weighted by Gasteiger charge is 2.66. The number of hydrogen-bond acceptors (Lipinski definition) is 6. The minimum atomic E-state index is -1.74. The van der Waals surface area contributed by atoms with Crippen LogP contribution in [0.4, 0.5) is 5.69 Å². The van der Waals surface area contributed by atoms with E-state index >= 15 is 0 Å². The summed E-state index contributed by atoms with van der Waals surface area (Å²) in [4.78, 5) is 39.1. The highest BCUT2D eigenvalue weighted by Crippen LogP contribution is 2.47. The molecule has 0 unspecified atom stereocenters. The molecule has 2 rings (SSSR count). The van der Waals surface area contributed by atoms with Crippen molar-refractivity contribution in [3.8, 4) is 0 Å². The summed E-state index contributed by atoms with van der Waals surface area (Å²) in [7, 11) is 1.14. The second-order valence-corrected chi connectivity index (χ2v) is 5.47. The van der Waals surface area contributed by atoms with Crippen LogP contribution in [0.25, 0.3) is 5.53 Å². The number of nitro benzene ring substituents is 1. The Bertz CT molecular complexity index is 801. The number of methoxy groups -OCH3 is 1. The zero-order valence-electron chi connectivity index (χ0n) is 13.5. The highest BCUT2D eigenvalue weighted by molar-refractivity contribution is 6.32. The van der Waals surface area contributed by atoms with Crippen molar-refractivity contribution in [3.05, 3.63) is 58.1 Å². The van der Waals surface area contributed by atoms with Gasteiger partial charge in [-0.25, -0.2) is 4.79 Å². The van der Waals surface area contributed by atoms with Crippen LogP contribution in [0, 0.1) is 10.1 Å². The Balaban J connectivity index is 2.92. The van der Waals surface area contributed by atoms with Crippen molar-refractivity contribution in [2.75, 3.05) is 13.7 Å². The molecule has 0 aromatic heterocycles. The minimum absolute atomic E-state index is 0.0141. The fraction of sp³-hybridized carbons (Fsp3) is 0.312. The number of benzene rings is 1. The SMILES string of the molecule is C=C[C@]1(C(=O)OC)NCC[C@@]1(C(=O)C=[N+]=[N-])c1ccccc1[N+](=O)[O-]. The highest BCUT2D eigenvalue weighted by atomic mass is 16.6. The van der Waals surface area contributed by atoms with E-state index in [-0.39, 0.29) is 24.2 Å². The van der Waals surface area contributed by atoms with E-state index in [0.717, 1.165) is 7.11 Å². The number of nitro groups is 1. The molecule has 9 heteroatoms. The summed E-state index contributed by atoms with van der Waals surface area (Å²) in [5.41, 5.74) is 5.03. The van der Waals surface area contributed by atoms with E-state index in [1.165, 1.54) is 30.3 Å². The number of ether oxygens (including phenoxy) is 1. The van der Waals surface area contributed by atoms with E-state index in [4.69, 9.17) is 10.3 Å². The first-order valence-electron chi connectivity index (χ1n) is 7.34. The van der Waals surface area contributed by atoms with E-state index < -0.39 is 27.6 Å². The molecule has 0 radical (unpaired) electrons. The Hall–Kier alpha value is -3.16. The molecule has 0 aliphatic carbocycles. The standard InChI is InChI=1S/C16H16N4O5/c1-3-16(14(22)25-2)15(8-9-18-16,13(21)10-19-17)11-6-4-5-7-12(11)20(23)24/h3-7,10,18H,1,8-9H2,2H3/t15-,16+/m0/s1. The van der Waals surface area contributed by atoms with Crippen molar-refractivity contribution in [1.82, 2.24) is 5.32 Å². The van der Waals surface area contributed by atoms with Gasteiger partial charge in [-0.05, 0) is 13.0 Å².